The molecule has 1 heterocycles. The van der Waals surface area contributed by atoms with Crippen molar-refractivity contribution in [3.05, 3.63) is 95.6 Å². The van der Waals surface area contributed by atoms with Gasteiger partial charge in [-0.3, -0.25) is 9.69 Å². The van der Waals surface area contributed by atoms with Crippen LogP contribution in [0.1, 0.15) is 29.0 Å². The summed E-state index contributed by atoms with van der Waals surface area (Å²) < 4.78 is 11.0. The number of carbonyl (C=O) groups is 3. The number of fused-ring (bicyclic) bond motifs is 3. The number of rotatable bonds is 6. The summed E-state index contributed by atoms with van der Waals surface area (Å²) in [6.07, 6.45) is -0.745. The Kier molecular flexibility index (Phi) is 6.23. The molecule has 1 unspecified atom stereocenters. The summed E-state index contributed by atoms with van der Waals surface area (Å²) >= 11 is 0. The van der Waals surface area contributed by atoms with Crippen LogP contribution in [0.3, 0.4) is 0 Å². The lowest BCUT2D eigenvalue weighted by atomic mass is 9.98. The Morgan fingerprint density at radius 1 is 0.829 bits per heavy atom. The van der Waals surface area contributed by atoms with E-state index in [0.717, 1.165) is 32.7 Å². The first-order valence-electron chi connectivity index (χ1n) is 11.6. The number of hydrogen-bond donors (Lipinski definition) is 1. The third-order valence-corrected chi connectivity index (χ3v) is 6.71. The van der Waals surface area contributed by atoms with E-state index in [4.69, 9.17) is 9.47 Å². The third-order valence-electron chi connectivity index (χ3n) is 6.71. The Balaban J connectivity index is 1.25. The molecule has 0 spiro atoms. The van der Waals surface area contributed by atoms with E-state index in [1.807, 2.05) is 78.9 Å². The van der Waals surface area contributed by atoms with Gasteiger partial charge in [0.1, 0.15) is 19.3 Å². The van der Waals surface area contributed by atoms with E-state index < -0.39 is 30.0 Å². The van der Waals surface area contributed by atoms with Crippen molar-refractivity contribution in [2.45, 2.75) is 25.0 Å². The van der Waals surface area contributed by atoms with E-state index >= 15 is 0 Å². The fourth-order valence-corrected chi connectivity index (χ4v) is 4.97. The van der Waals surface area contributed by atoms with Crippen LogP contribution in [-0.2, 0) is 25.7 Å². The van der Waals surface area contributed by atoms with Crippen LogP contribution >= 0.6 is 0 Å². The van der Waals surface area contributed by atoms with Gasteiger partial charge in [-0.15, -0.1) is 0 Å². The molecule has 0 bridgehead atoms. The molecular weight excluding hydrogens is 446 g/mol. The quantitative estimate of drug-likeness (QED) is 0.534. The Bertz CT molecular complexity index is 1210. The number of hydrogen-bond acceptors (Lipinski definition) is 5. The van der Waals surface area contributed by atoms with Gasteiger partial charge in [-0.2, -0.15) is 0 Å². The highest BCUT2D eigenvalue weighted by Crippen LogP contribution is 2.44. The smallest absolute Gasteiger partial charge is 0.410 e. The predicted octanol–water partition coefficient (Wildman–Crippen LogP) is 4.45. The van der Waals surface area contributed by atoms with E-state index in [1.165, 1.54) is 0 Å². The lowest BCUT2D eigenvalue weighted by Crippen LogP contribution is -2.41. The van der Waals surface area contributed by atoms with Crippen LogP contribution in [0.4, 0.5) is 4.79 Å². The van der Waals surface area contributed by atoms with Gasteiger partial charge in [0.25, 0.3) is 0 Å². The highest BCUT2D eigenvalue weighted by Gasteiger charge is 2.44. The average Bonchev–Trinajstić information content (AvgIpc) is 3.47. The molecule has 1 saturated heterocycles. The Labute approximate surface area is 202 Å². The van der Waals surface area contributed by atoms with E-state index in [1.54, 1.807) is 0 Å². The molecule has 1 N–H and O–H groups in total. The summed E-state index contributed by atoms with van der Waals surface area (Å²) in [6.45, 7) is 0.124. The summed E-state index contributed by atoms with van der Waals surface area (Å²) in [4.78, 5) is 38.6. The second-order valence-corrected chi connectivity index (χ2v) is 8.84. The number of esters is 1. The number of carboxylic acids is 1. The zero-order valence-electron chi connectivity index (χ0n) is 19.0. The topological polar surface area (TPSA) is 93.1 Å². The molecule has 35 heavy (non-hydrogen) atoms. The SMILES string of the molecule is O=C(O)C1C[C@H](C(=O)OCc2ccccc2)CN1C(=O)OCC1c2ccccc2-c2ccccc21. The molecular formula is C28H25NO6. The first-order valence-corrected chi connectivity index (χ1v) is 11.6. The van der Waals surface area contributed by atoms with Crippen molar-refractivity contribution in [2.24, 2.45) is 5.92 Å². The first kappa shape index (κ1) is 22.7. The van der Waals surface area contributed by atoms with Crippen LogP contribution in [0.5, 0.6) is 0 Å². The molecule has 1 aliphatic heterocycles. The Morgan fingerprint density at radius 3 is 2.06 bits per heavy atom. The minimum atomic E-state index is -1.17. The van der Waals surface area contributed by atoms with Crippen LogP contribution in [0, 0.1) is 5.92 Å². The summed E-state index contributed by atoms with van der Waals surface area (Å²) in [5, 5.41) is 9.68. The standard InChI is InChI=1S/C28H25NO6/c30-26(31)25-14-19(27(32)34-16-18-8-2-1-3-9-18)15-29(25)28(33)35-17-24-22-12-6-4-10-20(22)21-11-5-7-13-23(21)24/h1-13,19,24-25H,14-17H2,(H,30,31)/t19-,25?/m0/s1. The molecule has 7 nitrogen and oxygen atoms in total. The second kappa shape index (κ2) is 9.62. The molecule has 2 atom stereocenters. The molecule has 7 heteroatoms. The molecule has 2 aliphatic rings. The second-order valence-electron chi connectivity index (χ2n) is 8.84. The molecule has 0 saturated carbocycles. The lowest BCUT2D eigenvalue weighted by Gasteiger charge is -2.22. The molecule has 1 fully saturated rings. The highest BCUT2D eigenvalue weighted by atomic mass is 16.6. The molecule has 5 rings (SSSR count). The number of benzene rings is 3. The van der Waals surface area contributed by atoms with Gasteiger partial charge in [-0.05, 0) is 34.2 Å². The van der Waals surface area contributed by atoms with Crippen LogP contribution in [0.25, 0.3) is 11.1 Å². The van der Waals surface area contributed by atoms with E-state index in [0.29, 0.717) is 0 Å². The molecule has 1 aliphatic carbocycles. The van der Waals surface area contributed by atoms with Crippen molar-refractivity contribution in [2.75, 3.05) is 13.2 Å². The predicted molar refractivity (Wildman–Crippen MR) is 128 cm³/mol. The fraction of sp³-hybridized carbons (Fsp3) is 0.250. The number of ether oxygens (including phenoxy) is 2. The lowest BCUT2D eigenvalue weighted by molar-refractivity contribution is -0.149. The zero-order chi connectivity index (χ0) is 24.4. The number of amides is 1. The van der Waals surface area contributed by atoms with Crippen LogP contribution in [0.2, 0.25) is 0 Å². The number of carboxylic acid groups (broad SMARTS) is 1. The normalized spacial score (nSPS) is 18.6. The molecule has 0 aromatic heterocycles. The minimum Gasteiger partial charge on any atom is -0.480 e. The number of aliphatic carboxylic acids is 1. The highest BCUT2D eigenvalue weighted by molar-refractivity contribution is 5.84. The molecule has 178 valence electrons. The van der Waals surface area contributed by atoms with E-state index in [2.05, 4.69) is 0 Å². The van der Waals surface area contributed by atoms with E-state index in [9.17, 15) is 19.5 Å². The minimum absolute atomic E-state index is 0.00679. The van der Waals surface area contributed by atoms with Gasteiger partial charge in [0, 0.05) is 12.5 Å². The first-order chi connectivity index (χ1) is 17.0. The van der Waals surface area contributed by atoms with Gasteiger partial charge < -0.3 is 14.6 Å². The zero-order valence-corrected chi connectivity index (χ0v) is 19.0. The maximum absolute atomic E-state index is 13.0. The molecule has 3 aromatic rings. The van der Waals surface area contributed by atoms with Gasteiger partial charge >= 0.3 is 18.0 Å². The van der Waals surface area contributed by atoms with Crippen LogP contribution in [0.15, 0.2) is 78.9 Å². The van der Waals surface area contributed by atoms with Crippen molar-refractivity contribution in [3.63, 3.8) is 0 Å². The van der Waals surface area contributed by atoms with Crippen LogP contribution in [-0.4, -0.2) is 47.2 Å². The Morgan fingerprint density at radius 2 is 1.43 bits per heavy atom. The molecule has 1 amide bonds. The summed E-state index contributed by atoms with van der Waals surface area (Å²) in [6, 6.07) is 24.1. The molecule has 3 aromatic carbocycles. The number of likely N-dealkylation sites (tertiary alicyclic amines) is 1. The van der Waals surface area contributed by atoms with Gasteiger partial charge in [0.2, 0.25) is 0 Å². The van der Waals surface area contributed by atoms with Crippen molar-refractivity contribution in [1.82, 2.24) is 4.90 Å². The summed E-state index contributed by atoms with van der Waals surface area (Å²) in [7, 11) is 0. The maximum Gasteiger partial charge on any atom is 0.410 e. The summed E-state index contributed by atoms with van der Waals surface area (Å²) in [5.41, 5.74) is 5.19. The van der Waals surface area contributed by atoms with E-state index in [-0.39, 0.29) is 32.1 Å². The monoisotopic (exact) mass is 471 g/mol. The number of carbonyl (C=O) groups excluding carboxylic acids is 2. The van der Waals surface area contributed by atoms with Gasteiger partial charge in [-0.25, -0.2) is 9.59 Å². The fourth-order valence-electron chi connectivity index (χ4n) is 4.97. The number of nitrogens with zero attached hydrogens (tertiary/aromatic N) is 1. The largest absolute Gasteiger partial charge is 0.480 e. The van der Waals surface area contributed by atoms with Crippen molar-refractivity contribution < 1.29 is 29.0 Å². The summed E-state index contributed by atoms with van der Waals surface area (Å²) in [5.74, 6) is -2.55. The Hall–Kier alpha value is -4.13. The maximum atomic E-state index is 13.0. The average molecular weight is 472 g/mol. The van der Waals surface area contributed by atoms with Crippen LogP contribution < -0.4 is 0 Å². The van der Waals surface area contributed by atoms with Gasteiger partial charge in [-0.1, -0.05) is 78.9 Å². The van der Waals surface area contributed by atoms with Gasteiger partial charge in [0.05, 0.1) is 5.92 Å². The van der Waals surface area contributed by atoms with Gasteiger partial charge in [0.15, 0.2) is 0 Å². The van der Waals surface area contributed by atoms with Crippen molar-refractivity contribution in [1.29, 1.82) is 0 Å². The third kappa shape index (κ3) is 4.49. The van der Waals surface area contributed by atoms with Crippen molar-refractivity contribution >= 4 is 18.0 Å². The van der Waals surface area contributed by atoms with Crippen molar-refractivity contribution in [3.8, 4) is 11.1 Å². The molecule has 0 radical (unpaired) electrons.